The molecule has 8 heteroatoms. The Morgan fingerprint density at radius 2 is 1.53 bits per heavy atom. The first-order chi connectivity index (χ1) is 17.4. The summed E-state index contributed by atoms with van der Waals surface area (Å²) in [6, 6.07) is 20.1. The van der Waals surface area contributed by atoms with Crippen molar-refractivity contribution < 1.29 is 24.1 Å². The van der Waals surface area contributed by atoms with Gasteiger partial charge >= 0.3 is 5.97 Å². The Bertz CT molecular complexity index is 1080. The first kappa shape index (κ1) is 27.3. The topological polar surface area (TPSA) is 94.0 Å². The molecule has 8 nitrogen and oxygen atoms in total. The first-order valence-corrected chi connectivity index (χ1v) is 12.2. The van der Waals surface area contributed by atoms with Crippen LogP contribution in [0.5, 0.6) is 0 Å². The van der Waals surface area contributed by atoms with Gasteiger partial charge in [-0.2, -0.15) is 0 Å². The third-order valence-corrected chi connectivity index (χ3v) is 5.55. The van der Waals surface area contributed by atoms with Crippen molar-refractivity contribution in [1.29, 1.82) is 0 Å². The number of aromatic nitrogens is 2. The molecule has 0 saturated heterocycles. The number of carboxylic acid groups (broad SMARTS) is 1. The molecule has 0 fully saturated rings. The van der Waals surface area contributed by atoms with Crippen molar-refractivity contribution in [2.75, 3.05) is 31.3 Å². The van der Waals surface area contributed by atoms with Gasteiger partial charge in [-0.25, -0.2) is 9.78 Å². The third kappa shape index (κ3) is 7.34. The third-order valence-electron chi connectivity index (χ3n) is 5.55. The Morgan fingerprint density at radius 1 is 0.917 bits per heavy atom. The van der Waals surface area contributed by atoms with E-state index in [2.05, 4.69) is 18.7 Å². The zero-order chi connectivity index (χ0) is 25.9. The maximum Gasteiger partial charge on any atom is 0.332 e. The summed E-state index contributed by atoms with van der Waals surface area (Å²) in [5.74, 6) is -0.318. The van der Waals surface area contributed by atoms with E-state index in [4.69, 9.17) is 29.3 Å². The van der Waals surface area contributed by atoms with Crippen LogP contribution >= 0.6 is 0 Å². The van der Waals surface area contributed by atoms with Crippen molar-refractivity contribution in [3.63, 3.8) is 0 Å². The molecule has 0 spiro atoms. The van der Waals surface area contributed by atoms with E-state index in [1.54, 1.807) is 6.20 Å². The molecule has 2 unspecified atom stereocenters. The van der Waals surface area contributed by atoms with Crippen LogP contribution in [0.2, 0.25) is 0 Å². The van der Waals surface area contributed by atoms with E-state index in [-0.39, 0.29) is 25.9 Å². The predicted molar refractivity (Wildman–Crippen MR) is 140 cm³/mol. The van der Waals surface area contributed by atoms with Gasteiger partial charge in [0.25, 0.3) is 0 Å². The fraction of sp³-hybridized carbons (Fsp3) is 0.393. The van der Waals surface area contributed by atoms with E-state index in [9.17, 15) is 4.79 Å². The molecular formula is C28H35N3O5. The number of aliphatic carboxylic acids is 1. The largest absolute Gasteiger partial charge is 0.479 e. The van der Waals surface area contributed by atoms with Gasteiger partial charge in [-0.15, -0.1) is 0 Å². The van der Waals surface area contributed by atoms with Crippen molar-refractivity contribution >= 4 is 11.8 Å². The summed E-state index contributed by atoms with van der Waals surface area (Å²) in [6.07, 6.45) is 0.490. The van der Waals surface area contributed by atoms with Gasteiger partial charge in [0, 0.05) is 23.8 Å². The lowest BCUT2D eigenvalue weighted by Crippen LogP contribution is -2.46. The van der Waals surface area contributed by atoms with Crippen LogP contribution in [-0.2, 0) is 19.0 Å². The number of carbonyl (C=O) groups is 1. The van der Waals surface area contributed by atoms with Crippen molar-refractivity contribution in [1.82, 2.24) is 9.97 Å². The molecule has 1 heterocycles. The highest BCUT2D eigenvalue weighted by molar-refractivity contribution is 5.78. The smallest absolute Gasteiger partial charge is 0.332 e. The van der Waals surface area contributed by atoms with Crippen LogP contribution in [0.3, 0.4) is 0 Å². The maximum absolute atomic E-state index is 10.9. The fourth-order valence-electron chi connectivity index (χ4n) is 3.79. The van der Waals surface area contributed by atoms with E-state index < -0.39 is 18.3 Å². The summed E-state index contributed by atoms with van der Waals surface area (Å²) in [5, 5.41) is 8.95. The lowest BCUT2D eigenvalue weighted by Gasteiger charge is -2.35. The monoisotopic (exact) mass is 493 g/mol. The minimum atomic E-state index is -1.00. The van der Waals surface area contributed by atoms with Gasteiger partial charge in [-0.05, 0) is 27.7 Å². The Labute approximate surface area is 212 Å². The van der Waals surface area contributed by atoms with Crippen molar-refractivity contribution in [3.8, 4) is 22.5 Å². The average Bonchev–Trinajstić information content (AvgIpc) is 2.89. The Hall–Kier alpha value is -3.33. The van der Waals surface area contributed by atoms with E-state index in [1.807, 2.05) is 67.6 Å². The molecule has 0 saturated carbocycles. The van der Waals surface area contributed by atoms with Crippen LogP contribution in [0, 0.1) is 0 Å². The number of rotatable bonds is 14. The van der Waals surface area contributed by atoms with E-state index in [1.165, 1.54) is 6.92 Å². The quantitative estimate of drug-likeness (QED) is 0.250. The second-order valence-corrected chi connectivity index (χ2v) is 8.49. The number of hydrogen-bond donors (Lipinski definition) is 1. The summed E-state index contributed by atoms with van der Waals surface area (Å²) in [5.41, 5.74) is 3.57. The number of anilines is 1. The van der Waals surface area contributed by atoms with Gasteiger partial charge in [0.1, 0.15) is 5.82 Å². The Morgan fingerprint density at radius 3 is 2.08 bits per heavy atom. The molecule has 192 valence electrons. The summed E-state index contributed by atoms with van der Waals surface area (Å²) in [4.78, 5) is 22.9. The molecule has 2 aromatic carbocycles. The highest BCUT2D eigenvalue weighted by atomic mass is 16.6. The molecule has 0 bridgehead atoms. The van der Waals surface area contributed by atoms with Crippen molar-refractivity contribution in [2.45, 2.75) is 46.1 Å². The minimum absolute atomic E-state index is 0.0499. The van der Waals surface area contributed by atoms with Gasteiger partial charge < -0.3 is 24.2 Å². The molecule has 2 atom stereocenters. The standard InChI is InChI=1S/C28H35N3O5/c1-5-35-25(19-34-16-17-36-21(4)28(32)33)31(20(2)3)24-18-29-26(22-12-8-6-9-13-22)27(30-24)23-14-10-7-11-15-23/h6-15,18,20-21,25H,5,16-17,19H2,1-4H3,(H,32,33). The number of ether oxygens (including phenoxy) is 3. The highest BCUT2D eigenvalue weighted by Gasteiger charge is 2.25. The second kappa shape index (κ2) is 13.7. The highest BCUT2D eigenvalue weighted by Crippen LogP contribution is 2.31. The van der Waals surface area contributed by atoms with Gasteiger partial charge in [-0.1, -0.05) is 60.7 Å². The molecule has 3 rings (SSSR count). The summed E-state index contributed by atoms with van der Waals surface area (Å²) in [7, 11) is 0. The number of nitrogens with zero attached hydrogens (tertiary/aromatic N) is 3. The normalized spacial score (nSPS) is 12.9. The predicted octanol–water partition coefficient (Wildman–Crippen LogP) is 4.89. The number of carboxylic acids is 1. The van der Waals surface area contributed by atoms with E-state index in [0.29, 0.717) is 12.4 Å². The zero-order valence-electron chi connectivity index (χ0n) is 21.3. The molecule has 0 aliphatic carbocycles. The SMILES string of the molecule is CCOC(COCCOC(C)C(=O)O)N(c1cnc(-c2ccccc2)c(-c2ccccc2)n1)C(C)C. The molecule has 3 aromatic rings. The van der Waals surface area contributed by atoms with Gasteiger partial charge in [-0.3, -0.25) is 4.98 Å². The second-order valence-electron chi connectivity index (χ2n) is 8.49. The maximum atomic E-state index is 10.9. The van der Waals surface area contributed by atoms with Crippen molar-refractivity contribution in [3.05, 3.63) is 66.9 Å². The van der Waals surface area contributed by atoms with Gasteiger partial charge in [0.05, 0.1) is 37.4 Å². The number of hydrogen-bond acceptors (Lipinski definition) is 7. The molecule has 0 amide bonds. The van der Waals surface area contributed by atoms with E-state index >= 15 is 0 Å². The van der Waals surface area contributed by atoms with Gasteiger partial charge in [0.2, 0.25) is 0 Å². The van der Waals surface area contributed by atoms with Crippen LogP contribution in [0.15, 0.2) is 66.9 Å². The molecule has 0 aliphatic rings. The lowest BCUT2D eigenvalue weighted by molar-refractivity contribution is -0.150. The zero-order valence-corrected chi connectivity index (χ0v) is 21.3. The first-order valence-electron chi connectivity index (χ1n) is 12.2. The summed E-state index contributed by atoms with van der Waals surface area (Å²) >= 11 is 0. The summed E-state index contributed by atoms with van der Waals surface area (Å²) in [6.45, 7) is 8.75. The van der Waals surface area contributed by atoms with Crippen LogP contribution in [-0.4, -0.2) is 65.8 Å². The summed E-state index contributed by atoms with van der Waals surface area (Å²) < 4.78 is 17.1. The van der Waals surface area contributed by atoms with Gasteiger partial charge in [0.15, 0.2) is 12.3 Å². The average molecular weight is 494 g/mol. The molecule has 1 N–H and O–H groups in total. The van der Waals surface area contributed by atoms with Crippen molar-refractivity contribution in [2.24, 2.45) is 0 Å². The molecule has 0 aliphatic heterocycles. The van der Waals surface area contributed by atoms with Crippen LogP contribution in [0.25, 0.3) is 22.5 Å². The molecule has 0 radical (unpaired) electrons. The molecule has 36 heavy (non-hydrogen) atoms. The minimum Gasteiger partial charge on any atom is -0.479 e. The Kier molecular flexibility index (Phi) is 10.4. The Balaban J connectivity index is 1.87. The van der Waals surface area contributed by atoms with Crippen LogP contribution in [0.4, 0.5) is 5.82 Å². The molecule has 1 aromatic heterocycles. The molecular weight excluding hydrogens is 458 g/mol. The fourth-order valence-corrected chi connectivity index (χ4v) is 3.79. The lowest BCUT2D eigenvalue weighted by atomic mass is 10.0. The number of benzene rings is 2. The van der Waals surface area contributed by atoms with Crippen LogP contribution < -0.4 is 4.90 Å². The van der Waals surface area contributed by atoms with Crippen LogP contribution in [0.1, 0.15) is 27.7 Å². The van der Waals surface area contributed by atoms with E-state index in [0.717, 1.165) is 22.5 Å².